The number of ether oxygens (including phenoxy) is 1. The van der Waals surface area contributed by atoms with Crippen LogP contribution in [0, 0.1) is 5.82 Å². The monoisotopic (exact) mass is 203 g/mol. The van der Waals surface area contributed by atoms with Gasteiger partial charge in [-0.1, -0.05) is 11.6 Å². The van der Waals surface area contributed by atoms with Crippen LogP contribution in [-0.2, 0) is 0 Å². The van der Waals surface area contributed by atoms with Gasteiger partial charge in [-0.2, -0.15) is 0 Å². The molecule has 0 heterocycles. The van der Waals surface area contributed by atoms with E-state index in [4.69, 9.17) is 22.1 Å². The molecule has 2 nitrogen and oxygen atoms in total. The minimum Gasteiger partial charge on any atom is -0.486 e. The molecule has 13 heavy (non-hydrogen) atoms. The van der Waals surface area contributed by atoms with Crippen molar-refractivity contribution in [1.29, 1.82) is 0 Å². The highest BCUT2D eigenvalue weighted by Crippen LogP contribution is 2.29. The average Bonchev–Trinajstić information content (AvgIpc) is 1.96. The van der Waals surface area contributed by atoms with Gasteiger partial charge in [0.05, 0.1) is 11.8 Å². The molecule has 0 aliphatic heterocycles. The van der Waals surface area contributed by atoms with Gasteiger partial charge in [0.1, 0.15) is 0 Å². The molecule has 2 N–H and O–H groups in total. The predicted octanol–water partition coefficient (Wildman–Crippen LogP) is 2.85. The molecule has 0 radical (unpaired) electrons. The fourth-order valence-electron chi connectivity index (χ4n) is 0.940. The van der Waals surface area contributed by atoms with E-state index in [9.17, 15) is 4.39 Å². The normalized spacial score (nSPS) is 10.5. The summed E-state index contributed by atoms with van der Waals surface area (Å²) < 4.78 is 18.4. The number of anilines is 1. The van der Waals surface area contributed by atoms with Crippen LogP contribution in [0.4, 0.5) is 10.1 Å². The van der Waals surface area contributed by atoms with Crippen LogP contribution in [0.25, 0.3) is 0 Å². The lowest BCUT2D eigenvalue weighted by Crippen LogP contribution is -2.09. The van der Waals surface area contributed by atoms with Gasteiger partial charge in [-0.25, -0.2) is 4.39 Å². The summed E-state index contributed by atoms with van der Waals surface area (Å²) in [5, 5.41) is 0.270. The Morgan fingerprint density at radius 2 is 2.08 bits per heavy atom. The van der Waals surface area contributed by atoms with Crippen LogP contribution in [0.5, 0.6) is 5.75 Å². The first-order chi connectivity index (χ1) is 6.00. The van der Waals surface area contributed by atoms with Crippen molar-refractivity contribution in [2.45, 2.75) is 20.0 Å². The Morgan fingerprint density at radius 3 is 2.54 bits per heavy atom. The molecule has 0 aliphatic carbocycles. The van der Waals surface area contributed by atoms with Crippen molar-refractivity contribution in [3.8, 4) is 5.75 Å². The molecule has 0 saturated heterocycles. The molecule has 1 rings (SSSR count). The zero-order chi connectivity index (χ0) is 10.0. The van der Waals surface area contributed by atoms with E-state index in [-0.39, 0.29) is 22.6 Å². The second-order valence-electron chi connectivity index (χ2n) is 2.97. The molecular formula is C9H11ClFNO. The van der Waals surface area contributed by atoms with Crippen LogP contribution in [-0.4, -0.2) is 6.10 Å². The van der Waals surface area contributed by atoms with Gasteiger partial charge >= 0.3 is 0 Å². The molecule has 0 aliphatic rings. The van der Waals surface area contributed by atoms with Crippen molar-refractivity contribution in [1.82, 2.24) is 0 Å². The zero-order valence-electron chi connectivity index (χ0n) is 7.47. The lowest BCUT2D eigenvalue weighted by atomic mass is 10.3. The second kappa shape index (κ2) is 3.83. The minimum absolute atomic E-state index is 0.0689. The van der Waals surface area contributed by atoms with Gasteiger partial charge in [-0.3, -0.25) is 0 Å². The third kappa shape index (κ3) is 2.49. The Labute approximate surface area is 81.4 Å². The molecule has 0 saturated carbocycles. The molecule has 0 unspecified atom stereocenters. The van der Waals surface area contributed by atoms with Crippen LogP contribution >= 0.6 is 11.6 Å². The van der Waals surface area contributed by atoms with Gasteiger partial charge in [0.15, 0.2) is 11.6 Å². The lowest BCUT2D eigenvalue weighted by Gasteiger charge is -2.12. The molecule has 0 spiro atoms. The van der Waals surface area contributed by atoms with Crippen molar-refractivity contribution >= 4 is 17.3 Å². The molecule has 72 valence electrons. The fourth-order valence-corrected chi connectivity index (χ4v) is 1.15. The van der Waals surface area contributed by atoms with E-state index in [1.54, 1.807) is 13.8 Å². The Balaban J connectivity index is 3.06. The summed E-state index contributed by atoms with van der Waals surface area (Å²) in [6.45, 7) is 3.60. The largest absolute Gasteiger partial charge is 0.486 e. The highest BCUT2D eigenvalue weighted by molar-refractivity contribution is 6.30. The summed E-state index contributed by atoms with van der Waals surface area (Å²) in [6.07, 6.45) is -0.113. The number of nitrogens with two attached hydrogens (primary N) is 1. The minimum atomic E-state index is -0.529. The second-order valence-corrected chi connectivity index (χ2v) is 3.41. The van der Waals surface area contributed by atoms with Gasteiger partial charge in [-0.15, -0.1) is 0 Å². The van der Waals surface area contributed by atoms with Crippen LogP contribution in [0.15, 0.2) is 12.1 Å². The van der Waals surface area contributed by atoms with Crippen molar-refractivity contribution in [3.05, 3.63) is 23.0 Å². The zero-order valence-corrected chi connectivity index (χ0v) is 8.23. The SMILES string of the molecule is CC(C)Oc1c(N)cc(Cl)cc1F. The summed E-state index contributed by atoms with van der Waals surface area (Å²) in [5.41, 5.74) is 5.74. The van der Waals surface area contributed by atoms with Gasteiger partial charge in [0.25, 0.3) is 0 Å². The molecule has 0 amide bonds. The van der Waals surface area contributed by atoms with Crippen LogP contribution in [0.2, 0.25) is 5.02 Å². The van der Waals surface area contributed by atoms with E-state index in [1.165, 1.54) is 12.1 Å². The highest BCUT2D eigenvalue weighted by Gasteiger charge is 2.10. The maximum absolute atomic E-state index is 13.2. The third-order valence-corrected chi connectivity index (χ3v) is 1.61. The van der Waals surface area contributed by atoms with E-state index in [0.717, 1.165) is 0 Å². The molecule has 0 fully saturated rings. The van der Waals surface area contributed by atoms with Gasteiger partial charge in [0, 0.05) is 5.02 Å². The quantitative estimate of drug-likeness (QED) is 0.751. The van der Waals surface area contributed by atoms with Gasteiger partial charge in [0.2, 0.25) is 0 Å². The summed E-state index contributed by atoms with van der Waals surface area (Å²) in [7, 11) is 0. The fraction of sp³-hybridized carbons (Fsp3) is 0.333. The Hall–Kier alpha value is -0.960. The smallest absolute Gasteiger partial charge is 0.178 e. The molecule has 0 aromatic heterocycles. The van der Waals surface area contributed by atoms with E-state index in [0.29, 0.717) is 0 Å². The van der Waals surface area contributed by atoms with Crippen molar-refractivity contribution < 1.29 is 9.13 Å². The molecule has 0 bridgehead atoms. The van der Waals surface area contributed by atoms with Crippen molar-refractivity contribution in [3.63, 3.8) is 0 Å². The standard InChI is InChI=1S/C9H11ClFNO/c1-5(2)13-9-7(11)3-6(10)4-8(9)12/h3-5H,12H2,1-2H3. The van der Waals surface area contributed by atoms with Gasteiger partial charge in [-0.05, 0) is 26.0 Å². The summed E-state index contributed by atoms with van der Waals surface area (Å²) in [5.74, 6) is -0.460. The number of nitrogen functional groups attached to an aromatic ring is 1. The number of hydrogen-bond acceptors (Lipinski definition) is 2. The topological polar surface area (TPSA) is 35.2 Å². The number of benzene rings is 1. The maximum atomic E-state index is 13.2. The lowest BCUT2D eigenvalue weighted by molar-refractivity contribution is 0.233. The Morgan fingerprint density at radius 1 is 1.46 bits per heavy atom. The molecular weight excluding hydrogens is 193 g/mol. The first-order valence-corrected chi connectivity index (χ1v) is 4.29. The van der Waals surface area contributed by atoms with Crippen LogP contribution < -0.4 is 10.5 Å². The van der Waals surface area contributed by atoms with Crippen LogP contribution in [0.1, 0.15) is 13.8 Å². The molecule has 4 heteroatoms. The highest BCUT2D eigenvalue weighted by atomic mass is 35.5. The molecule has 0 atom stereocenters. The summed E-state index contributed by atoms with van der Waals surface area (Å²) in [6, 6.07) is 2.64. The predicted molar refractivity (Wildman–Crippen MR) is 51.6 cm³/mol. The Bertz CT molecular complexity index is 291. The van der Waals surface area contributed by atoms with Gasteiger partial charge < -0.3 is 10.5 Å². The molecule has 1 aromatic carbocycles. The first kappa shape index (κ1) is 10.1. The van der Waals surface area contributed by atoms with Crippen molar-refractivity contribution in [2.75, 3.05) is 5.73 Å². The van der Waals surface area contributed by atoms with E-state index >= 15 is 0 Å². The van der Waals surface area contributed by atoms with E-state index in [2.05, 4.69) is 0 Å². The maximum Gasteiger partial charge on any atom is 0.178 e. The van der Waals surface area contributed by atoms with Crippen molar-refractivity contribution in [2.24, 2.45) is 0 Å². The number of rotatable bonds is 2. The Kier molecular flexibility index (Phi) is 2.98. The number of halogens is 2. The van der Waals surface area contributed by atoms with E-state index in [1.807, 2.05) is 0 Å². The van der Waals surface area contributed by atoms with E-state index < -0.39 is 5.82 Å². The summed E-state index contributed by atoms with van der Waals surface area (Å²) >= 11 is 5.58. The van der Waals surface area contributed by atoms with Crippen LogP contribution in [0.3, 0.4) is 0 Å². The summed E-state index contributed by atoms with van der Waals surface area (Å²) in [4.78, 5) is 0. The first-order valence-electron chi connectivity index (χ1n) is 3.92. The third-order valence-electron chi connectivity index (χ3n) is 1.39. The average molecular weight is 204 g/mol. The molecule has 1 aromatic rings. The number of hydrogen-bond donors (Lipinski definition) is 1.